The molecule has 1 fully saturated rings. The van der Waals surface area contributed by atoms with Gasteiger partial charge in [-0.1, -0.05) is 27.7 Å². The highest BCUT2D eigenvalue weighted by Gasteiger charge is 2.46. The third-order valence-electron chi connectivity index (χ3n) is 3.34. The second kappa shape index (κ2) is 4.02. The minimum atomic E-state index is -0.404. The number of rotatable bonds is 2. The van der Waals surface area contributed by atoms with E-state index < -0.39 is 5.54 Å². The number of carbonyl (C=O) groups excluding carboxylic acids is 1. The van der Waals surface area contributed by atoms with Gasteiger partial charge in [0.15, 0.2) is 0 Å². The molecule has 0 bridgehead atoms. The normalized spacial score (nSPS) is 26.1. The van der Waals surface area contributed by atoms with E-state index in [4.69, 9.17) is 10.5 Å². The summed E-state index contributed by atoms with van der Waals surface area (Å²) in [5.41, 5.74) is 6.38. The van der Waals surface area contributed by atoms with E-state index in [0.29, 0.717) is 6.42 Å². The summed E-state index contributed by atoms with van der Waals surface area (Å²) in [6.07, 6.45) is 3.26. The molecule has 2 N–H and O–H groups in total. The molecule has 1 saturated carbocycles. The van der Waals surface area contributed by atoms with E-state index in [2.05, 4.69) is 27.7 Å². The van der Waals surface area contributed by atoms with Crippen LogP contribution in [0, 0.1) is 10.8 Å². The van der Waals surface area contributed by atoms with Crippen LogP contribution in [0.15, 0.2) is 0 Å². The molecule has 0 unspecified atom stereocenters. The molecule has 0 saturated heterocycles. The zero-order chi connectivity index (χ0) is 12.6. The van der Waals surface area contributed by atoms with Crippen LogP contribution in [-0.2, 0) is 9.53 Å². The Morgan fingerprint density at radius 1 is 1.12 bits per heavy atom. The topological polar surface area (TPSA) is 52.3 Å². The summed E-state index contributed by atoms with van der Waals surface area (Å²) in [4.78, 5) is 11.4. The number of hydrogen-bond donors (Lipinski definition) is 1. The fraction of sp³-hybridized carbons (Fsp3) is 0.923. The van der Waals surface area contributed by atoms with Crippen molar-refractivity contribution in [3.05, 3.63) is 0 Å². The van der Waals surface area contributed by atoms with E-state index in [0.717, 1.165) is 19.3 Å². The van der Waals surface area contributed by atoms with Gasteiger partial charge < -0.3 is 10.5 Å². The molecule has 0 spiro atoms. The molecule has 0 atom stereocenters. The van der Waals surface area contributed by atoms with Gasteiger partial charge in [0.1, 0.15) is 0 Å². The third kappa shape index (κ3) is 3.48. The maximum Gasteiger partial charge on any atom is 0.307 e. The second-order valence-electron chi connectivity index (χ2n) is 6.97. The van der Waals surface area contributed by atoms with Crippen LogP contribution < -0.4 is 5.73 Å². The van der Waals surface area contributed by atoms with E-state index in [1.165, 1.54) is 7.11 Å². The van der Waals surface area contributed by atoms with Gasteiger partial charge in [-0.05, 0) is 30.1 Å². The lowest BCUT2D eigenvalue weighted by atomic mass is 9.58. The van der Waals surface area contributed by atoms with Crippen LogP contribution in [0.2, 0.25) is 0 Å². The van der Waals surface area contributed by atoms with Gasteiger partial charge in [-0.25, -0.2) is 0 Å². The first-order valence-electron chi connectivity index (χ1n) is 5.93. The van der Waals surface area contributed by atoms with Crippen LogP contribution in [0.4, 0.5) is 0 Å². The van der Waals surface area contributed by atoms with Crippen molar-refractivity contribution in [3.8, 4) is 0 Å². The Bertz CT molecular complexity index is 266. The Morgan fingerprint density at radius 2 is 1.56 bits per heavy atom. The molecule has 0 amide bonds. The SMILES string of the molecule is COC(=O)CC1(N)CC(C)(C)CC(C)(C)C1. The van der Waals surface area contributed by atoms with Crippen molar-refractivity contribution in [2.24, 2.45) is 16.6 Å². The molecule has 0 heterocycles. The summed E-state index contributed by atoms with van der Waals surface area (Å²) in [5.74, 6) is -0.198. The zero-order valence-corrected chi connectivity index (χ0v) is 11.2. The molecular formula is C13H25NO2. The molecule has 0 aliphatic heterocycles. The van der Waals surface area contributed by atoms with Crippen molar-refractivity contribution in [1.29, 1.82) is 0 Å². The number of hydrogen-bond acceptors (Lipinski definition) is 3. The van der Waals surface area contributed by atoms with Crippen LogP contribution in [-0.4, -0.2) is 18.6 Å². The lowest BCUT2D eigenvalue weighted by Crippen LogP contribution is -2.53. The van der Waals surface area contributed by atoms with Crippen molar-refractivity contribution < 1.29 is 9.53 Å². The first-order chi connectivity index (χ1) is 7.08. The van der Waals surface area contributed by atoms with E-state index in [1.54, 1.807) is 0 Å². The second-order valence-corrected chi connectivity index (χ2v) is 6.97. The molecule has 0 aromatic heterocycles. The van der Waals surface area contributed by atoms with Crippen LogP contribution in [0.25, 0.3) is 0 Å². The summed E-state index contributed by atoms with van der Waals surface area (Å²) in [6.45, 7) is 8.92. The van der Waals surface area contributed by atoms with E-state index in [9.17, 15) is 4.79 Å². The van der Waals surface area contributed by atoms with Gasteiger partial charge in [0, 0.05) is 5.54 Å². The van der Waals surface area contributed by atoms with Crippen LogP contribution in [0.3, 0.4) is 0 Å². The Kier molecular flexibility index (Phi) is 3.39. The maximum absolute atomic E-state index is 11.4. The molecule has 0 aromatic rings. The Labute approximate surface area is 98.7 Å². The summed E-state index contributed by atoms with van der Waals surface area (Å²) < 4.78 is 4.74. The lowest BCUT2D eigenvalue weighted by molar-refractivity contribution is -0.143. The van der Waals surface area contributed by atoms with Crippen molar-refractivity contribution in [2.45, 2.75) is 58.9 Å². The minimum Gasteiger partial charge on any atom is -0.469 e. The molecule has 1 aliphatic carbocycles. The van der Waals surface area contributed by atoms with Crippen molar-refractivity contribution in [1.82, 2.24) is 0 Å². The first-order valence-corrected chi connectivity index (χ1v) is 5.93. The fourth-order valence-corrected chi connectivity index (χ4v) is 3.87. The number of carbonyl (C=O) groups is 1. The third-order valence-corrected chi connectivity index (χ3v) is 3.34. The summed E-state index contributed by atoms with van der Waals surface area (Å²) in [5, 5.41) is 0. The van der Waals surface area contributed by atoms with Gasteiger partial charge in [0.2, 0.25) is 0 Å². The van der Waals surface area contributed by atoms with Crippen LogP contribution in [0.1, 0.15) is 53.4 Å². The number of nitrogens with two attached hydrogens (primary N) is 1. The summed E-state index contributed by atoms with van der Waals surface area (Å²) in [6, 6.07) is 0. The molecule has 16 heavy (non-hydrogen) atoms. The van der Waals surface area contributed by atoms with Crippen molar-refractivity contribution in [3.63, 3.8) is 0 Å². The average Bonchev–Trinajstić information content (AvgIpc) is 1.95. The number of methoxy groups -OCH3 is 1. The average molecular weight is 227 g/mol. The minimum absolute atomic E-state index is 0.198. The Morgan fingerprint density at radius 3 is 1.94 bits per heavy atom. The highest BCUT2D eigenvalue weighted by molar-refractivity contribution is 5.70. The molecule has 3 heteroatoms. The number of esters is 1. The van der Waals surface area contributed by atoms with E-state index in [1.807, 2.05) is 0 Å². The Balaban J connectivity index is 2.83. The Hall–Kier alpha value is -0.570. The van der Waals surface area contributed by atoms with Gasteiger partial charge in [0.05, 0.1) is 13.5 Å². The quantitative estimate of drug-likeness (QED) is 0.737. The largest absolute Gasteiger partial charge is 0.469 e. The predicted molar refractivity (Wildman–Crippen MR) is 65.0 cm³/mol. The molecule has 1 rings (SSSR count). The predicted octanol–water partition coefficient (Wildman–Crippen LogP) is 2.48. The molecule has 1 aliphatic rings. The van der Waals surface area contributed by atoms with Crippen molar-refractivity contribution >= 4 is 5.97 Å². The number of ether oxygens (including phenoxy) is 1. The van der Waals surface area contributed by atoms with Crippen molar-refractivity contribution in [2.75, 3.05) is 7.11 Å². The van der Waals surface area contributed by atoms with Crippen LogP contribution in [0.5, 0.6) is 0 Å². The maximum atomic E-state index is 11.4. The lowest BCUT2D eigenvalue weighted by Gasteiger charge is -2.50. The van der Waals surface area contributed by atoms with Gasteiger partial charge >= 0.3 is 5.97 Å². The molecule has 0 radical (unpaired) electrons. The van der Waals surface area contributed by atoms with E-state index in [-0.39, 0.29) is 16.8 Å². The van der Waals surface area contributed by atoms with Crippen LogP contribution >= 0.6 is 0 Å². The molecule has 94 valence electrons. The van der Waals surface area contributed by atoms with Gasteiger partial charge in [-0.2, -0.15) is 0 Å². The fourth-order valence-electron chi connectivity index (χ4n) is 3.87. The smallest absolute Gasteiger partial charge is 0.307 e. The zero-order valence-electron chi connectivity index (χ0n) is 11.2. The highest BCUT2D eigenvalue weighted by atomic mass is 16.5. The van der Waals surface area contributed by atoms with Gasteiger partial charge in [-0.3, -0.25) is 4.79 Å². The molecule has 0 aromatic carbocycles. The van der Waals surface area contributed by atoms with Gasteiger partial charge in [0.25, 0.3) is 0 Å². The standard InChI is InChI=1S/C13H25NO2/c1-11(2)7-12(3,4)9-13(14,8-11)6-10(15)16-5/h6-9,14H2,1-5H3. The molecule has 3 nitrogen and oxygen atoms in total. The van der Waals surface area contributed by atoms with Gasteiger partial charge in [-0.15, -0.1) is 0 Å². The highest BCUT2D eigenvalue weighted by Crippen LogP contribution is 2.50. The van der Waals surface area contributed by atoms with E-state index >= 15 is 0 Å². The summed E-state index contributed by atoms with van der Waals surface area (Å²) in [7, 11) is 1.42. The monoisotopic (exact) mass is 227 g/mol. The summed E-state index contributed by atoms with van der Waals surface area (Å²) >= 11 is 0. The first kappa shape index (κ1) is 13.5. The molecular weight excluding hydrogens is 202 g/mol.